The quantitative estimate of drug-likeness (QED) is 0.429. The van der Waals surface area contributed by atoms with Gasteiger partial charge in [0.2, 0.25) is 0 Å². The number of ether oxygens (including phenoxy) is 1. The lowest BCUT2D eigenvalue weighted by Crippen LogP contribution is -2.33. The van der Waals surface area contributed by atoms with Crippen LogP contribution < -0.4 is 11.2 Å². The molecule has 2 rings (SSSR count). The van der Waals surface area contributed by atoms with E-state index < -0.39 is 46.9 Å². The van der Waals surface area contributed by atoms with Gasteiger partial charge in [-0.3, -0.25) is 24.5 Å². The first-order valence-electron chi connectivity index (χ1n) is 5.38. The van der Waals surface area contributed by atoms with Crippen molar-refractivity contribution in [3.05, 3.63) is 37.1 Å². The molecule has 0 amide bonds. The van der Waals surface area contributed by atoms with Gasteiger partial charge in [-0.15, -0.1) is 0 Å². The summed E-state index contributed by atoms with van der Waals surface area (Å²) in [7, 11) is 0. The summed E-state index contributed by atoms with van der Waals surface area (Å²) < 4.78 is 6.00. The average Bonchev–Trinajstić information content (AvgIpc) is 2.69. The molecule has 0 aliphatic carbocycles. The Bertz CT molecular complexity index is 607. The summed E-state index contributed by atoms with van der Waals surface area (Å²) in [5, 5.41) is 29.1. The van der Waals surface area contributed by atoms with Gasteiger partial charge in [0, 0.05) is 6.42 Å². The average molecular weight is 273 g/mol. The molecule has 0 radical (unpaired) electrons. The van der Waals surface area contributed by atoms with Crippen molar-refractivity contribution in [3.63, 3.8) is 0 Å². The van der Waals surface area contributed by atoms with E-state index in [0.29, 0.717) is 0 Å². The van der Waals surface area contributed by atoms with Crippen LogP contribution in [0.15, 0.2) is 15.8 Å². The number of hydrogen-bond donors (Lipinski definition) is 3. The molecular formula is C9H11N3O7. The van der Waals surface area contributed by atoms with Gasteiger partial charge in [0.05, 0.1) is 23.8 Å². The number of aliphatic hydroxyl groups excluding tert-OH is 2. The summed E-state index contributed by atoms with van der Waals surface area (Å²) in [4.78, 5) is 34.3. The standard InChI is InChI=1S/C9H11N3O7/c13-3-6-5(14)1-7(19-6)11-2-4(12(17)18)8(15)10-9(11)16/h2,5-7,13-14H,1,3H2,(H,10,15,16)/t5-,6+,7+/m0/s1. The molecule has 2 heterocycles. The molecule has 1 aromatic heterocycles. The van der Waals surface area contributed by atoms with Crippen LogP contribution in [0.3, 0.4) is 0 Å². The molecule has 3 atom stereocenters. The van der Waals surface area contributed by atoms with Crippen molar-refractivity contribution in [1.29, 1.82) is 0 Å². The van der Waals surface area contributed by atoms with Crippen LogP contribution in [0.2, 0.25) is 0 Å². The number of nitrogens with zero attached hydrogens (tertiary/aromatic N) is 2. The van der Waals surface area contributed by atoms with Crippen molar-refractivity contribution in [3.8, 4) is 0 Å². The van der Waals surface area contributed by atoms with Gasteiger partial charge < -0.3 is 14.9 Å². The van der Waals surface area contributed by atoms with Crippen LogP contribution >= 0.6 is 0 Å². The molecule has 10 heteroatoms. The Morgan fingerprint density at radius 2 is 2.26 bits per heavy atom. The van der Waals surface area contributed by atoms with E-state index in [0.717, 1.165) is 10.8 Å². The lowest BCUT2D eigenvalue weighted by molar-refractivity contribution is -0.387. The van der Waals surface area contributed by atoms with E-state index in [4.69, 9.17) is 9.84 Å². The molecule has 104 valence electrons. The van der Waals surface area contributed by atoms with Crippen LogP contribution in [0, 0.1) is 10.1 Å². The van der Waals surface area contributed by atoms with Gasteiger partial charge >= 0.3 is 16.9 Å². The molecule has 0 aromatic carbocycles. The van der Waals surface area contributed by atoms with E-state index in [2.05, 4.69) is 0 Å². The molecule has 0 saturated carbocycles. The predicted molar refractivity (Wildman–Crippen MR) is 59.6 cm³/mol. The molecule has 10 nitrogen and oxygen atoms in total. The fraction of sp³-hybridized carbons (Fsp3) is 0.556. The van der Waals surface area contributed by atoms with E-state index in [-0.39, 0.29) is 6.42 Å². The Kier molecular flexibility index (Phi) is 3.46. The van der Waals surface area contributed by atoms with Gasteiger partial charge in [0.15, 0.2) is 0 Å². The molecule has 19 heavy (non-hydrogen) atoms. The zero-order valence-electron chi connectivity index (χ0n) is 9.55. The van der Waals surface area contributed by atoms with Crippen LogP contribution in [0.5, 0.6) is 0 Å². The normalized spacial score (nSPS) is 26.5. The number of aromatic amines is 1. The second-order valence-electron chi connectivity index (χ2n) is 4.05. The lowest BCUT2D eigenvalue weighted by atomic mass is 10.2. The Balaban J connectivity index is 2.41. The minimum absolute atomic E-state index is 0.0195. The van der Waals surface area contributed by atoms with Crippen LogP contribution in [0.25, 0.3) is 0 Å². The van der Waals surface area contributed by atoms with Crippen molar-refractivity contribution in [2.75, 3.05) is 6.61 Å². The number of hydrogen-bond acceptors (Lipinski definition) is 7. The zero-order valence-corrected chi connectivity index (χ0v) is 9.55. The lowest BCUT2D eigenvalue weighted by Gasteiger charge is -2.13. The number of nitrogens with one attached hydrogen (secondary N) is 1. The van der Waals surface area contributed by atoms with Crippen LogP contribution in [0.1, 0.15) is 12.6 Å². The minimum Gasteiger partial charge on any atom is -0.394 e. The number of aromatic nitrogens is 2. The number of aliphatic hydroxyl groups is 2. The highest BCUT2D eigenvalue weighted by Crippen LogP contribution is 2.27. The third-order valence-electron chi connectivity index (χ3n) is 2.84. The van der Waals surface area contributed by atoms with Crippen LogP contribution in [0.4, 0.5) is 5.69 Å². The molecule has 0 spiro atoms. The first-order valence-corrected chi connectivity index (χ1v) is 5.38. The van der Waals surface area contributed by atoms with E-state index in [1.165, 1.54) is 0 Å². The second-order valence-corrected chi connectivity index (χ2v) is 4.05. The summed E-state index contributed by atoms with van der Waals surface area (Å²) in [6.45, 7) is -0.447. The van der Waals surface area contributed by atoms with Crippen molar-refractivity contribution in [2.45, 2.75) is 24.9 Å². The van der Waals surface area contributed by atoms with Gasteiger partial charge in [0.1, 0.15) is 12.3 Å². The molecule has 1 fully saturated rings. The Morgan fingerprint density at radius 3 is 2.79 bits per heavy atom. The fourth-order valence-electron chi connectivity index (χ4n) is 1.87. The van der Waals surface area contributed by atoms with Crippen LogP contribution in [-0.4, -0.2) is 43.5 Å². The van der Waals surface area contributed by atoms with Gasteiger partial charge in [0.25, 0.3) is 0 Å². The number of rotatable bonds is 3. The Hall–Kier alpha value is -2.04. The van der Waals surface area contributed by atoms with Crippen molar-refractivity contribution < 1.29 is 19.9 Å². The van der Waals surface area contributed by atoms with Gasteiger partial charge in [-0.1, -0.05) is 0 Å². The highest BCUT2D eigenvalue weighted by molar-refractivity contribution is 5.21. The van der Waals surface area contributed by atoms with E-state index in [1.54, 1.807) is 4.98 Å². The number of nitro groups is 1. The van der Waals surface area contributed by atoms with Crippen molar-refractivity contribution >= 4 is 5.69 Å². The maximum Gasteiger partial charge on any atom is 0.350 e. The Labute approximate surface area is 105 Å². The summed E-state index contributed by atoms with van der Waals surface area (Å²) in [5.74, 6) is 0. The first-order chi connectivity index (χ1) is 8.93. The SMILES string of the molecule is O=c1[nH]c(=O)n([C@H]2C[C@H](O)[C@@H](CO)O2)cc1[N+](=O)[O-]. The predicted octanol–water partition coefficient (Wildman–Crippen LogP) is -1.91. The third kappa shape index (κ3) is 2.41. The third-order valence-corrected chi connectivity index (χ3v) is 2.84. The van der Waals surface area contributed by atoms with Crippen molar-refractivity contribution in [2.24, 2.45) is 0 Å². The maximum atomic E-state index is 11.6. The summed E-state index contributed by atoms with van der Waals surface area (Å²) in [5.41, 5.74) is -2.79. The zero-order chi connectivity index (χ0) is 14.2. The van der Waals surface area contributed by atoms with Gasteiger partial charge in [-0.25, -0.2) is 4.79 Å². The van der Waals surface area contributed by atoms with Crippen molar-refractivity contribution in [1.82, 2.24) is 9.55 Å². The monoisotopic (exact) mass is 273 g/mol. The highest BCUT2D eigenvalue weighted by atomic mass is 16.6. The molecule has 0 bridgehead atoms. The molecule has 1 aliphatic heterocycles. The molecule has 1 aromatic rings. The molecule has 0 unspecified atom stereocenters. The fourth-order valence-corrected chi connectivity index (χ4v) is 1.87. The smallest absolute Gasteiger partial charge is 0.350 e. The summed E-state index contributed by atoms with van der Waals surface area (Å²) in [6, 6.07) is 0. The molecule has 3 N–H and O–H groups in total. The second kappa shape index (κ2) is 4.91. The van der Waals surface area contributed by atoms with Crippen LogP contribution in [-0.2, 0) is 4.74 Å². The van der Waals surface area contributed by atoms with E-state index >= 15 is 0 Å². The molecular weight excluding hydrogens is 262 g/mol. The maximum absolute atomic E-state index is 11.6. The minimum atomic E-state index is -1.11. The molecule has 1 aliphatic rings. The molecule has 1 saturated heterocycles. The van der Waals surface area contributed by atoms with E-state index in [9.17, 15) is 24.8 Å². The highest BCUT2D eigenvalue weighted by Gasteiger charge is 2.35. The largest absolute Gasteiger partial charge is 0.394 e. The first kappa shape index (κ1) is 13.4. The van der Waals surface area contributed by atoms with E-state index in [1.807, 2.05) is 0 Å². The summed E-state index contributed by atoms with van der Waals surface area (Å²) in [6.07, 6.45) is -2.10. The Morgan fingerprint density at radius 1 is 1.58 bits per heavy atom. The summed E-state index contributed by atoms with van der Waals surface area (Å²) >= 11 is 0. The van der Waals surface area contributed by atoms with Gasteiger partial charge in [-0.05, 0) is 0 Å². The van der Waals surface area contributed by atoms with Gasteiger partial charge in [-0.2, -0.15) is 0 Å². The topological polar surface area (TPSA) is 148 Å². The number of H-pyrrole nitrogens is 1.